The molecule has 1 aromatic carbocycles. The second-order valence-corrected chi connectivity index (χ2v) is 4.66. The van der Waals surface area contributed by atoms with Gasteiger partial charge in [0.25, 0.3) is 0 Å². The van der Waals surface area contributed by atoms with Crippen molar-refractivity contribution in [2.24, 2.45) is 0 Å². The standard InChI is InChI=1S/C15H12N6O/c1-9-3-4-13(18-17-9)10-5-11(7-12(6-10)22-2)15-14(8-16)19-21-20-15/h3-7H,1-2H3,(H,19,20,21). The maximum Gasteiger partial charge on any atom is 0.163 e. The molecule has 2 heterocycles. The highest BCUT2D eigenvalue weighted by atomic mass is 16.5. The number of benzene rings is 1. The summed E-state index contributed by atoms with van der Waals surface area (Å²) < 4.78 is 5.32. The molecule has 2 aromatic heterocycles. The van der Waals surface area contributed by atoms with Gasteiger partial charge in [-0.05, 0) is 37.3 Å². The molecule has 0 fully saturated rings. The molecule has 3 rings (SSSR count). The summed E-state index contributed by atoms with van der Waals surface area (Å²) in [6, 6.07) is 11.3. The monoisotopic (exact) mass is 292 g/mol. The van der Waals surface area contributed by atoms with Crippen molar-refractivity contribution >= 4 is 0 Å². The zero-order valence-electron chi connectivity index (χ0n) is 12.0. The number of nitriles is 1. The number of aryl methyl sites for hydroxylation is 1. The zero-order chi connectivity index (χ0) is 15.5. The van der Waals surface area contributed by atoms with E-state index in [9.17, 15) is 0 Å². The lowest BCUT2D eigenvalue weighted by atomic mass is 10.0. The van der Waals surface area contributed by atoms with E-state index in [-0.39, 0.29) is 0 Å². The lowest BCUT2D eigenvalue weighted by molar-refractivity contribution is 0.415. The minimum Gasteiger partial charge on any atom is -0.497 e. The molecule has 22 heavy (non-hydrogen) atoms. The van der Waals surface area contributed by atoms with Crippen LogP contribution in [0.1, 0.15) is 11.4 Å². The average Bonchev–Trinajstić information content (AvgIpc) is 3.03. The van der Waals surface area contributed by atoms with Crippen LogP contribution in [0.25, 0.3) is 22.5 Å². The lowest BCUT2D eigenvalue weighted by Crippen LogP contribution is -1.93. The maximum absolute atomic E-state index is 9.10. The Hall–Kier alpha value is -3.27. The van der Waals surface area contributed by atoms with E-state index < -0.39 is 0 Å². The van der Waals surface area contributed by atoms with E-state index in [1.165, 1.54) is 0 Å². The van der Waals surface area contributed by atoms with Gasteiger partial charge in [-0.3, -0.25) is 0 Å². The smallest absolute Gasteiger partial charge is 0.163 e. The normalized spacial score (nSPS) is 10.2. The maximum atomic E-state index is 9.10. The molecule has 1 N–H and O–H groups in total. The number of nitrogens with zero attached hydrogens (tertiary/aromatic N) is 5. The minimum absolute atomic E-state index is 0.300. The Morgan fingerprint density at radius 2 is 1.91 bits per heavy atom. The van der Waals surface area contributed by atoms with Crippen molar-refractivity contribution in [1.29, 1.82) is 5.26 Å². The van der Waals surface area contributed by atoms with E-state index in [1.807, 2.05) is 37.3 Å². The molecule has 0 aliphatic carbocycles. The summed E-state index contributed by atoms with van der Waals surface area (Å²) in [6.45, 7) is 1.88. The van der Waals surface area contributed by atoms with Crippen molar-refractivity contribution in [3.05, 3.63) is 41.7 Å². The largest absolute Gasteiger partial charge is 0.497 e. The quantitative estimate of drug-likeness (QED) is 0.793. The predicted molar refractivity (Wildman–Crippen MR) is 78.8 cm³/mol. The van der Waals surface area contributed by atoms with Gasteiger partial charge in [0.05, 0.1) is 18.5 Å². The van der Waals surface area contributed by atoms with Gasteiger partial charge in [0.2, 0.25) is 0 Å². The third kappa shape index (κ3) is 2.50. The van der Waals surface area contributed by atoms with Gasteiger partial charge in [0, 0.05) is 11.1 Å². The molecule has 0 spiro atoms. The van der Waals surface area contributed by atoms with E-state index >= 15 is 0 Å². The average molecular weight is 292 g/mol. The highest BCUT2D eigenvalue weighted by Gasteiger charge is 2.13. The summed E-state index contributed by atoms with van der Waals surface area (Å²) in [5, 5.41) is 27.5. The van der Waals surface area contributed by atoms with Crippen LogP contribution in [0.15, 0.2) is 30.3 Å². The van der Waals surface area contributed by atoms with Gasteiger partial charge in [-0.15, -0.1) is 5.10 Å². The molecule has 0 unspecified atom stereocenters. The number of nitrogens with one attached hydrogen (secondary N) is 1. The van der Waals surface area contributed by atoms with E-state index in [0.717, 1.165) is 16.8 Å². The number of hydrogen-bond acceptors (Lipinski definition) is 6. The Morgan fingerprint density at radius 1 is 1.09 bits per heavy atom. The molecule has 0 bridgehead atoms. The van der Waals surface area contributed by atoms with Gasteiger partial charge in [-0.2, -0.15) is 15.5 Å². The molecule has 7 nitrogen and oxygen atoms in total. The van der Waals surface area contributed by atoms with Crippen LogP contribution in [0.3, 0.4) is 0 Å². The number of hydrogen-bond donors (Lipinski definition) is 1. The Kier molecular flexibility index (Phi) is 3.50. The first-order valence-corrected chi connectivity index (χ1v) is 6.52. The van der Waals surface area contributed by atoms with Crippen molar-refractivity contribution < 1.29 is 4.74 Å². The topological polar surface area (TPSA) is 100 Å². The highest BCUT2D eigenvalue weighted by molar-refractivity contribution is 5.73. The lowest BCUT2D eigenvalue weighted by Gasteiger charge is -2.07. The molecule has 7 heteroatoms. The van der Waals surface area contributed by atoms with Crippen molar-refractivity contribution in [2.45, 2.75) is 6.92 Å². The van der Waals surface area contributed by atoms with E-state index in [1.54, 1.807) is 13.2 Å². The molecule has 108 valence electrons. The fourth-order valence-corrected chi connectivity index (χ4v) is 2.06. The second-order valence-electron chi connectivity index (χ2n) is 4.66. The summed E-state index contributed by atoms with van der Waals surface area (Å²) in [6.07, 6.45) is 0. The molecule has 0 atom stereocenters. The molecule has 0 amide bonds. The van der Waals surface area contributed by atoms with E-state index in [2.05, 4.69) is 25.6 Å². The van der Waals surface area contributed by atoms with Gasteiger partial charge in [0.1, 0.15) is 17.5 Å². The van der Waals surface area contributed by atoms with Crippen LogP contribution in [-0.2, 0) is 0 Å². The van der Waals surface area contributed by atoms with Crippen molar-refractivity contribution in [1.82, 2.24) is 25.6 Å². The minimum atomic E-state index is 0.300. The molecule has 0 radical (unpaired) electrons. The number of rotatable bonds is 3. The van der Waals surface area contributed by atoms with Gasteiger partial charge in [-0.25, -0.2) is 5.10 Å². The van der Waals surface area contributed by atoms with Crippen LogP contribution >= 0.6 is 0 Å². The van der Waals surface area contributed by atoms with Crippen LogP contribution in [0.5, 0.6) is 5.75 Å². The molecule has 0 saturated carbocycles. The predicted octanol–water partition coefficient (Wildman–Crippen LogP) is 2.12. The molecule has 0 aliphatic rings. The molecular formula is C15H12N6O. The van der Waals surface area contributed by atoms with Gasteiger partial charge in [-0.1, -0.05) is 5.21 Å². The van der Waals surface area contributed by atoms with Gasteiger partial charge < -0.3 is 4.74 Å². The number of aromatic amines is 1. The van der Waals surface area contributed by atoms with Crippen molar-refractivity contribution in [3.8, 4) is 34.3 Å². The third-order valence-corrected chi connectivity index (χ3v) is 3.17. The second kappa shape index (κ2) is 5.61. The Labute approximate surface area is 126 Å². The SMILES string of the molecule is COc1cc(-c2ccc(C)nn2)cc(-c2nn[nH]c2C#N)c1. The first-order valence-electron chi connectivity index (χ1n) is 6.52. The Bertz CT molecular complexity index is 847. The van der Waals surface area contributed by atoms with Crippen LogP contribution in [0.2, 0.25) is 0 Å². The molecule has 0 saturated heterocycles. The number of ether oxygens (including phenoxy) is 1. The Morgan fingerprint density at radius 3 is 2.59 bits per heavy atom. The first kappa shape index (κ1) is 13.7. The van der Waals surface area contributed by atoms with Crippen LogP contribution in [-0.4, -0.2) is 32.7 Å². The fourth-order valence-electron chi connectivity index (χ4n) is 2.06. The van der Waals surface area contributed by atoms with E-state index in [4.69, 9.17) is 10.00 Å². The fraction of sp³-hybridized carbons (Fsp3) is 0.133. The molecular weight excluding hydrogens is 280 g/mol. The third-order valence-electron chi connectivity index (χ3n) is 3.17. The van der Waals surface area contributed by atoms with Gasteiger partial charge >= 0.3 is 0 Å². The summed E-state index contributed by atoms with van der Waals surface area (Å²) in [4.78, 5) is 0. The van der Waals surface area contributed by atoms with E-state index in [0.29, 0.717) is 22.8 Å². The summed E-state index contributed by atoms with van der Waals surface area (Å²) in [5.41, 5.74) is 3.88. The van der Waals surface area contributed by atoms with Crippen LogP contribution in [0.4, 0.5) is 0 Å². The number of methoxy groups -OCH3 is 1. The summed E-state index contributed by atoms with van der Waals surface area (Å²) in [7, 11) is 1.58. The van der Waals surface area contributed by atoms with Crippen molar-refractivity contribution in [3.63, 3.8) is 0 Å². The van der Waals surface area contributed by atoms with Crippen LogP contribution < -0.4 is 4.74 Å². The number of aromatic nitrogens is 5. The number of H-pyrrole nitrogens is 1. The highest BCUT2D eigenvalue weighted by Crippen LogP contribution is 2.30. The molecule has 3 aromatic rings. The first-order chi connectivity index (χ1) is 10.7. The summed E-state index contributed by atoms with van der Waals surface area (Å²) in [5.74, 6) is 0.641. The van der Waals surface area contributed by atoms with Gasteiger partial charge in [0.15, 0.2) is 5.69 Å². The van der Waals surface area contributed by atoms with Crippen molar-refractivity contribution in [2.75, 3.05) is 7.11 Å². The zero-order valence-corrected chi connectivity index (χ0v) is 12.0. The molecule has 0 aliphatic heterocycles. The van der Waals surface area contributed by atoms with Crippen LogP contribution in [0, 0.1) is 18.3 Å². The summed E-state index contributed by atoms with van der Waals surface area (Å²) >= 11 is 0. The Balaban J connectivity index is 2.15.